The third kappa shape index (κ3) is 3.30. The molecule has 0 atom stereocenters. The molecule has 0 aromatic carbocycles. The predicted octanol–water partition coefficient (Wildman–Crippen LogP) is -0.314. The number of aromatic carboxylic acids is 1. The van der Waals surface area contributed by atoms with Crippen LogP contribution in [0.2, 0.25) is 0 Å². The van der Waals surface area contributed by atoms with Gasteiger partial charge in [0.05, 0.1) is 18.4 Å². The third-order valence-corrected chi connectivity index (χ3v) is 2.76. The van der Waals surface area contributed by atoms with E-state index in [1.54, 1.807) is 19.0 Å². The lowest BCUT2D eigenvalue weighted by atomic mass is 10.2. The second-order valence-electron chi connectivity index (χ2n) is 3.95. The molecule has 0 fully saturated rings. The van der Waals surface area contributed by atoms with Crippen LogP contribution < -0.4 is 5.32 Å². The minimum absolute atomic E-state index is 0.0310. The molecule has 0 radical (unpaired) electrons. The third-order valence-electron chi connectivity index (χ3n) is 2.76. The van der Waals surface area contributed by atoms with Crippen LogP contribution in [0.3, 0.4) is 0 Å². The van der Waals surface area contributed by atoms with Crippen LogP contribution in [-0.4, -0.2) is 51.8 Å². The van der Waals surface area contributed by atoms with Crippen LogP contribution in [0.5, 0.6) is 0 Å². The number of nitrogens with one attached hydrogen (secondary N) is 1. The molecule has 1 heterocycles. The number of nitrogens with zero attached hydrogens (tertiary/aromatic N) is 3. The van der Waals surface area contributed by atoms with Crippen LogP contribution in [0.15, 0.2) is 6.20 Å². The maximum atomic E-state index is 11.5. The molecule has 0 aliphatic heterocycles. The number of hydrogen-bond donors (Lipinski definition) is 2. The van der Waals surface area contributed by atoms with E-state index in [2.05, 4.69) is 10.4 Å². The topological polar surface area (TPSA) is 87.5 Å². The van der Waals surface area contributed by atoms with Gasteiger partial charge in [-0.25, -0.2) is 4.79 Å². The van der Waals surface area contributed by atoms with Gasteiger partial charge in [0.15, 0.2) is 0 Å². The molecule has 0 unspecified atom stereocenters. The second kappa shape index (κ2) is 6.15. The largest absolute Gasteiger partial charge is 0.478 e. The monoisotopic (exact) mass is 254 g/mol. The van der Waals surface area contributed by atoms with E-state index in [1.807, 2.05) is 6.92 Å². The SMILES string of the molecule is CCN(C)C(=O)CNCc1c(C(=O)O)cnn1C. The highest BCUT2D eigenvalue weighted by Crippen LogP contribution is 2.06. The number of aryl methyl sites for hydroxylation is 1. The van der Waals surface area contributed by atoms with E-state index in [0.29, 0.717) is 18.8 Å². The van der Waals surface area contributed by atoms with E-state index in [0.717, 1.165) is 0 Å². The van der Waals surface area contributed by atoms with E-state index < -0.39 is 5.97 Å². The summed E-state index contributed by atoms with van der Waals surface area (Å²) in [6, 6.07) is 0. The molecule has 0 saturated heterocycles. The van der Waals surface area contributed by atoms with Crippen molar-refractivity contribution in [1.29, 1.82) is 0 Å². The molecule has 0 bridgehead atoms. The van der Waals surface area contributed by atoms with E-state index in [-0.39, 0.29) is 18.0 Å². The number of carbonyl (C=O) groups excluding carboxylic acids is 1. The highest BCUT2D eigenvalue weighted by molar-refractivity contribution is 5.88. The summed E-state index contributed by atoms with van der Waals surface area (Å²) < 4.78 is 1.49. The first-order chi connectivity index (χ1) is 8.47. The maximum absolute atomic E-state index is 11.5. The van der Waals surface area contributed by atoms with Gasteiger partial charge in [-0.1, -0.05) is 0 Å². The minimum atomic E-state index is -1.02. The average molecular weight is 254 g/mol. The van der Waals surface area contributed by atoms with Crippen molar-refractivity contribution in [3.63, 3.8) is 0 Å². The Morgan fingerprint density at radius 3 is 2.78 bits per heavy atom. The van der Waals surface area contributed by atoms with Gasteiger partial charge in [-0.2, -0.15) is 5.10 Å². The lowest BCUT2D eigenvalue weighted by Gasteiger charge is -2.14. The Bertz CT molecular complexity index is 441. The van der Waals surface area contributed by atoms with Crippen molar-refractivity contribution in [2.75, 3.05) is 20.1 Å². The van der Waals surface area contributed by atoms with Crippen LogP contribution in [-0.2, 0) is 18.4 Å². The van der Waals surface area contributed by atoms with Crippen molar-refractivity contribution >= 4 is 11.9 Å². The Kier molecular flexibility index (Phi) is 4.85. The zero-order valence-electron chi connectivity index (χ0n) is 10.8. The van der Waals surface area contributed by atoms with Gasteiger partial charge < -0.3 is 15.3 Å². The molecule has 7 nitrogen and oxygen atoms in total. The first kappa shape index (κ1) is 14.2. The normalized spacial score (nSPS) is 10.4. The van der Waals surface area contributed by atoms with Crippen LogP contribution in [0.25, 0.3) is 0 Å². The molecule has 2 N–H and O–H groups in total. The van der Waals surface area contributed by atoms with Gasteiger partial charge in [0.1, 0.15) is 5.56 Å². The van der Waals surface area contributed by atoms with Crippen LogP contribution in [0.1, 0.15) is 23.0 Å². The molecule has 1 rings (SSSR count). The minimum Gasteiger partial charge on any atom is -0.478 e. The number of amides is 1. The first-order valence-electron chi connectivity index (χ1n) is 5.66. The lowest BCUT2D eigenvalue weighted by Crippen LogP contribution is -2.35. The van der Waals surface area contributed by atoms with Crippen molar-refractivity contribution in [3.8, 4) is 0 Å². The molecular formula is C11H18N4O3. The van der Waals surface area contributed by atoms with Crippen molar-refractivity contribution in [2.24, 2.45) is 7.05 Å². The number of aromatic nitrogens is 2. The summed E-state index contributed by atoms with van der Waals surface area (Å²) in [5.41, 5.74) is 0.704. The summed E-state index contributed by atoms with van der Waals surface area (Å²) in [6.07, 6.45) is 1.30. The number of rotatable bonds is 6. The van der Waals surface area contributed by atoms with Gasteiger partial charge in [-0.05, 0) is 6.92 Å². The fourth-order valence-corrected chi connectivity index (χ4v) is 1.45. The molecule has 0 saturated carbocycles. The Balaban J connectivity index is 2.56. The fourth-order valence-electron chi connectivity index (χ4n) is 1.45. The number of likely N-dealkylation sites (N-methyl/N-ethyl adjacent to an activating group) is 1. The lowest BCUT2D eigenvalue weighted by molar-refractivity contribution is -0.128. The van der Waals surface area contributed by atoms with E-state index in [4.69, 9.17) is 5.11 Å². The molecule has 18 heavy (non-hydrogen) atoms. The summed E-state index contributed by atoms with van der Waals surface area (Å²) in [6.45, 7) is 3.00. The molecule has 0 aliphatic rings. The summed E-state index contributed by atoms with van der Waals surface area (Å²) in [7, 11) is 3.39. The van der Waals surface area contributed by atoms with Gasteiger partial charge in [-0.3, -0.25) is 9.48 Å². The molecule has 1 amide bonds. The van der Waals surface area contributed by atoms with Crippen molar-refractivity contribution < 1.29 is 14.7 Å². The van der Waals surface area contributed by atoms with Crippen LogP contribution >= 0.6 is 0 Å². The number of carbonyl (C=O) groups is 2. The predicted molar refractivity (Wildman–Crippen MR) is 65.2 cm³/mol. The molecule has 1 aromatic rings. The highest BCUT2D eigenvalue weighted by Gasteiger charge is 2.15. The van der Waals surface area contributed by atoms with E-state index >= 15 is 0 Å². The quantitative estimate of drug-likeness (QED) is 0.727. The molecule has 0 spiro atoms. The smallest absolute Gasteiger partial charge is 0.339 e. The zero-order valence-corrected chi connectivity index (χ0v) is 10.8. The Morgan fingerprint density at radius 1 is 1.56 bits per heavy atom. The molecule has 0 aliphatic carbocycles. The van der Waals surface area contributed by atoms with Gasteiger partial charge >= 0.3 is 5.97 Å². The van der Waals surface area contributed by atoms with Crippen LogP contribution in [0.4, 0.5) is 0 Å². The van der Waals surface area contributed by atoms with Crippen molar-refractivity contribution in [3.05, 3.63) is 17.5 Å². The molecule has 7 heteroatoms. The van der Waals surface area contributed by atoms with Crippen molar-refractivity contribution in [2.45, 2.75) is 13.5 Å². The summed E-state index contributed by atoms with van der Waals surface area (Å²) in [5.74, 6) is -1.05. The van der Waals surface area contributed by atoms with Crippen LogP contribution in [0, 0.1) is 0 Å². The highest BCUT2D eigenvalue weighted by atomic mass is 16.4. The molecule has 1 aromatic heterocycles. The fraction of sp³-hybridized carbons (Fsp3) is 0.545. The number of hydrogen-bond acceptors (Lipinski definition) is 4. The van der Waals surface area contributed by atoms with E-state index in [9.17, 15) is 9.59 Å². The van der Waals surface area contributed by atoms with Gasteiger partial charge in [0, 0.05) is 27.2 Å². The Labute approximate surface area is 105 Å². The summed E-state index contributed by atoms with van der Waals surface area (Å²) in [4.78, 5) is 24.1. The average Bonchev–Trinajstić information content (AvgIpc) is 2.70. The standard InChI is InChI=1S/C11H18N4O3/c1-4-14(2)10(16)7-12-6-9-8(11(17)18)5-13-15(9)3/h5,12H,4,6-7H2,1-3H3,(H,17,18). The second-order valence-corrected chi connectivity index (χ2v) is 3.95. The number of carboxylic acids is 1. The Hall–Kier alpha value is -1.89. The van der Waals surface area contributed by atoms with Gasteiger partial charge in [0.25, 0.3) is 0 Å². The van der Waals surface area contributed by atoms with Gasteiger partial charge in [0.2, 0.25) is 5.91 Å². The van der Waals surface area contributed by atoms with Crippen molar-refractivity contribution in [1.82, 2.24) is 20.0 Å². The summed E-state index contributed by atoms with van der Waals surface area (Å²) >= 11 is 0. The number of carboxylic acid groups (broad SMARTS) is 1. The summed E-state index contributed by atoms with van der Waals surface area (Å²) in [5, 5.41) is 15.8. The maximum Gasteiger partial charge on any atom is 0.339 e. The zero-order chi connectivity index (χ0) is 13.7. The molecule has 100 valence electrons. The van der Waals surface area contributed by atoms with Gasteiger partial charge in [-0.15, -0.1) is 0 Å². The first-order valence-corrected chi connectivity index (χ1v) is 5.66. The van der Waals surface area contributed by atoms with E-state index in [1.165, 1.54) is 10.9 Å². The molecular weight excluding hydrogens is 236 g/mol. The Morgan fingerprint density at radius 2 is 2.22 bits per heavy atom.